The first-order valence-electron chi connectivity index (χ1n) is 4.23. The maximum absolute atomic E-state index is 9.70. The molecular formula is C10H15NO2. The normalized spacial score (nSPS) is 15.1. The Morgan fingerprint density at radius 1 is 1.38 bits per heavy atom. The molecule has 2 atom stereocenters. The van der Waals surface area contributed by atoms with Crippen LogP contribution in [-0.2, 0) is 0 Å². The van der Waals surface area contributed by atoms with Crippen molar-refractivity contribution in [3.05, 3.63) is 29.8 Å². The molecule has 0 saturated heterocycles. The molecule has 1 aromatic carbocycles. The molecule has 0 aliphatic heterocycles. The summed E-state index contributed by atoms with van der Waals surface area (Å²) in [5, 5.41) is 9.70. The summed E-state index contributed by atoms with van der Waals surface area (Å²) in [7, 11) is 1.58. The predicted molar refractivity (Wildman–Crippen MR) is 51.6 cm³/mol. The standard InChI is InChI=1S/C10H15NO2/c1-7(11)10(12)8-5-3-4-6-9(8)13-2/h3-7,10,12H,11H2,1-2H3. The number of hydrogen-bond acceptors (Lipinski definition) is 3. The maximum atomic E-state index is 9.70. The molecule has 3 N–H and O–H groups in total. The fraction of sp³-hybridized carbons (Fsp3) is 0.400. The first-order valence-corrected chi connectivity index (χ1v) is 4.23. The van der Waals surface area contributed by atoms with Gasteiger partial charge in [0.1, 0.15) is 5.75 Å². The summed E-state index contributed by atoms with van der Waals surface area (Å²) in [5.74, 6) is 0.673. The topological polar surface area (TPSA) is 55.5 Å². The number of methoxy groups -OCH3 is 1. The van der Waals surface area contributed by atoms with Gasteiger partial charge in [0.25, 0.3) is 0 Å². The van der Waals surface area contributed by atoms with E-state index in [-0.39, 0.29) is 6.04 Å². The van der Waals surface area contributed by atoms with Crippen LogP contribution in [0.25, 0.3) is 0 Å². The number of benzene rings is 1. The van der Waals surface area contributed by atoms with Gasteiger partial charge >= 0.3 is 0 Å². The number of hydrogen-bond donors (Lipinski definition) is 2. The molecule has 0 amide bonds. The number of aliphatic hydroxyl groups is 1. The summed E-state index contributed by atoms with van der Waals surface area (Å²) >= 11 is 0. The van der Waals surface area contributed by atoms with E-state index >= 15 is 0 Å². The Balaban J connectivity index is 2.98. The zero-order valence-corrected chi connectivity index (χ0v) is 7.90. The summed E-state index contributed by atoms with van der Waals surface area (Å²) in [6, 6.07) is 7.03. The van der Waals surface area contributed by atoms with Crippen LogP contribution in [0.5, 0.6) is 5.75 Å². The minimum atomic E-state index is -0.670. The summed E-state index contributed by atoms with van der Waals surface area (Å²) in [5.41, 5.74) is 6.32. The Morgan fingerprint density at radius 3 is 2.54 bits per heavy atom. The summed E-state index contributed by atoms with van der Waals surface area (Å²) in [6.45, 7) is 1.76. The fourth-order valence-corrected chi connectivity index (χ4v) is 1.19. The fourth-order valence-electron chi connectivity index (χ4n) is 1.19. The first-order chi connectivity index (χ1) is 6.16. The van der Waals surface area contributed by atoms with E-state index in [1.807, 2.05) is 18.2 Å². The molecule has 3 heteroatoms. The highest BCUT2D eigenvalue weighted by molar-refractivity contribution is 5.35. The quantitative estimate of drug-likeness (QED) is 0.733. The second kappa shape index (κ2) is 4.25. The molecule has 0 bridgehead atoms. The average Bonchev–Trinajstić information content (AvgIpc) is 2.16. The Bertz CT molecular complexity index is 273. The van der Waals surface area contributed by atoms with Crippen molar-refractivity contribution >= 4 is 0 Å². The number of nitrogens with two attached hydrogens (primary N) is 1. The van der Waals surface area contributed by atoms with Crippen LogP contribution in [0.1, 0.15) is 18.6 Å². The van der Waals surface area contributed by atoms with E-state index < -0.39 is 6.10 Å². The van der Waals surface area contributed by atoms with Crippen molar-refractivity contribution in [2.75, 3.05) is 7.11 Å². The number of rotatable bonds is 3. The molecule has 3 nitrogen and oxygen atoms in total. The van der Waals surface area contributed by atoms with Crippen LogP contribution in [0.4, 0.5) is 0 Å². The third-order valence-corrected chi connectivity index (χ3v) is 1.96. The Hall–Kier alpha value is -1.06. The van der Waals surface area contributed by atoms with Gasteiger partial charge in [0, 0.05) is 11.6 Å². The molecule has 0 radical (unpaired) electrons. The van der Waals surface area contributed by atoms with Crippen LogP contribution in [0, 0.1) is 0 Å². The lowest BCUT2D eigenvalue weighted by Gasteiger charge is -2.17. The Morgan fingerprint density at radius 2 is 2.00 bits per heavy atom. The predicted octanol–water partition coefficient (Wildman–Crippen LogP) is 1.08. The molecule has 0 heterocycles. The van der Waals surface area contributed by atoms with Crippen LogP contribution in [-0.4, -0.2) is 18.3 Å². The van der Waals surface area contributed by atoms with E-state index in [2.05, 4.69) is 0 Å². The highest BCUT2D eigenvalue weighted by Crippen LogP contribution is 2.25. The molecule has 1 rings (SSSR count). The van der Waals surface area contributed by atoms with Crippen LogP contribution < -0.4 is 10.5 Å². The van der Waals surface area contributed by atoms with Crippen LogP contribution >= 0.6 is 0 Å². The van der Waals surface area contributed by atoms with E-state index in [4.69, 9.17) is 10.5 Å². The Labute approximate surface area is 78.1 Å². The van der Waals surface area contributed by atoms with Gasteiger partial charge in [-0.15, -0.1) is 0 Å². The SMILES string of the molecule is COc1ccccc1C(O)C(C)N. The van der Waals surface area contributed by atoms with E-state index in [1.165, 1.54) is 0 Å². The maximum Gasteiger partial charge on any atom is 0.124 e. The van der Waals surface area contributed by atoms with E-state index in [0.717, 1.165) is 5.56 Å². The Kier molecular flexibility index (Phi) is 3.28. The zero-order chi connectivity index (χ0) is 9.84. The largest absolute Gasteiger partial charge is 0.496 e. The van der Waals surface area contributed by atoms with Gasteiger partial charge in [-0.05, 0) is 13.0 Å². The lowest BCUT2D eigenvalue weighted by Crippen LogP contribution is -2.24. The average molecular weight is 181 g/mol. The molecule has 13 heavy (non-hydrogen) atoms. The van der Waals surface area contributed by atoms with E-state index in [0.29, 0.717) is 5.75 Å². The summed E-state index contributed by atoms with van der Waals surface area (Å²) in [6.07, 6.45) is -0.670. The number of para-hydroxylation sites is 1. The second-order valence-electron chi connectivity index (χ2n) is 3.05. The van der Waals surface area contributed by atoms with Crippen molar-refractivity contribution in [1.82, 2.24) is 0 Å². The smallest absolute Gasteiger partial charge is 0.124 e. The molecule has 1 aromatic rings. The van der Waals surface area contributed by atoms with Gasteiger partial charge in [-0.1, -0.05) is 18.2 Å². The molecule has 0 fully saturated rings. The van der Waals surface area contributed by atoms with Gasteiger partial charge in [-0.2, -0.15) is 0 Å². The van der Waals surface area contributed by atoms with Gasteiger partial charge in [0.05, 0.1) is 13.2 Å². The van der Waals surface area contributed by atoms with Crippen molar-refractivity contribution < 1.29 is 9.84 Å². The van der Waals surface area contributed by atoms with Gasteiger partial charge in [-0.3, -0.25) is 0 Å². The third-order valence-electron chi connectivity index (χ3n) is 1.96. The molecule has 72 valence electrons. The van der Waals surface area contributed by atoms with Crippen LogP contribution in [0.15, 0.2) is 24.3 Å². The lowest BCUT2D eigenvalue weighted by atomic mass is 10.0. The van der Waals surface area contributed by atoms with Crippen molar-refractivity contribution in [2.24, 2.45) is 5.73 Å². The zero-order valence-electron chi connectivity index (χ0n) is 7.90. The van der Waals surface area contributed by atoms with Gasteiger partial charge in [-0.25, -0.2) is 0 Å². The van der Waals surface area contributed by atoms with Crippen molar-refractivity contribution in [3.8, 4) is 5.75 Å². The van der Waals surface area contributed by atoms with Gasteiger partial charge in [0.2, 0.25) is 0 Å². The van der Waals surface area contributed by atoms with Crippen LogP contribution in [0.3, 0.4) is 0 Å². The molecule has 2 unspecified atom stereocenters. The highest BCUT2D eigenvalue weighted by Gasteiger charge is 2.15. The highest BCUT2D eigenvalue weighted by atomic mass is 16.5. The number of ether oxygens (including phenoxy) is 1. The second-order valence-corrected chi connectivity index (χ2v) is 3.05. The molecule has 0 saturated carbocycles. The molecule has 0 aliphatic carbocycles. The van der Waals surface area contributed by atoms with Gasteiger partial charge in [0.15, 0.2) is 0 Å². The molecule has 0 spiro atoms. The van der Waals surface area contributed by atoms with E-state index in [9.17, 15) is 5.11 Å². The third kappa shape index (κ3) is 2.20. The van der Waals surface area contributed by atoms with Crippen molar-refractivity contribution in [2.45, 2.75) is 19.1 Å². The minimum absolute atomic E-state index is 0.295. The monoisotopic (exact) mass is 181 g/mol. The number of aliphatic hydroxyl groups excluding tert-OH is 1. The molecule has 0 aliphatic rings. The lowest BCUT2D eigenvalue weighted by molar-refractivity contribution is 0.149. The molecular weight excluding hydrogens is 166 g/mol. The van der Waals surface area contributed by atoms with Gasteiger partial charge < -0.3 is 15.6 Å². The van der Waals surface area contributed by atoms with Crippen LogP contribution in [0.2, 0.25) is 0 Å². The summed E-state index contributed by atoms with van der Waals surface area (Å²) in [4.78, 5) is 0. The van der Waals surface area contributed by atoms with Crippen molar-refractivity contribution in [1.29, 1.82) is 0 Å². The minimum Gasteiger partial charge on any atom is -0.496 e. The molecule has 0 aromatic heterocycles. The van der Waals surface area contributed by atoms with E-state index in [1.54, 1.807) is 20.1 Å². The van der Waals surface area contributed by atoms with Crippen molar-refractivity contribution in [3.63, 3.8) is 0 Å². The summed E-state index contributed by atoms with van der Waals surface area (Å²) < 4.78 is 5.10. The first kappa shape index (κ1) is 10.0.